The van der Waals surface area contributed by atoms with Crippen molar-refractivity contribution in [2.75, 3.05) is 0 Å². The Morgan fingerprint density at radius 3 is 2.10 bits per heavy atom. The topological polar surface area (TPSA) is 63.2 Å². The maximum atomic E-state index is 12.4. The van der Waals surface area contributed by atoms with Crippen molar-refractivity contribution in [1.29, 1.82) is 0 Å². The number of ketones is 1. The summed E-state index contributed by atoms with van der Waals surface area (Å²) in [6.45, 7) is 3.25. The standard InChI is InChI=1S/C16H17NO3S/c1-12-8-10-15(11-9-12)21(19,20)17-16(13(2)18)14-6-4-3-5-7-14/h3-11,16-17H,1-2H3. The van der Waals surface area contributed by atoms with Crippen molar-refractivity contribution in [3.05, 3.63) is 65.7 Å². The lowest BCUT2D eigenvalue weighted by molar-refractivity contribution is -0.118. The van der Waals surface area contributed by atoms with Gasteiger partial charge in [0.25, 0.3) is 0 Å². The molecule has 0 bridgehead atoms. The third-order valence-corrected chi connectivity index (χ3v) is 4.58. The fraction of sp³-hybridized carbons (Fsp3) is 0.188. The van der Waals surface area contributed by atoms with Gasteiger partial charge in [0.05, 0.1) is 4.90 Å². The second-order valence-corrected chi connectivity index (χ2v) is 6.60. The summed E-state index contributed by atoms with van der Waals surface area (Å²) in [5.74, 6) is -0.253. The lowest BCUT2D eigenvalue weighted by Crippen LogP contribution is -2.32. The fourth-order valence-electron chi connectivity index (χ4n) is 1.97. The molecule has 2 aromatic carbocycles. The Labute approximate surface area is 124 Å². The van der Waals surface area contributed by atoms with Crippen LogP contribution in [0.4, 0.5) is 0 Å². The highest BCUT2D eigenvalue weighted by Crippen LogP contribution is 2.18. The molecule has 2 rings (SSSR count). The molecular formula is C16H17NO3S. The minimum absolute atomic E-state index is 0.148. The summed E-state index contributed by atoms with van der Waals surface area (Å²) in [6, 6.07) is 14.4. The molecule has 0 heterocycles. The van der Waals surface area contributed by atoms with Crippen LogP contribution in [0.15, 0.2) is 59.5 Å². The third kappa shape index (κ3) is 3.77. The van der Waals surface area contributed by atoms with Crippen molar-refractivity contribution in [1.82, 2.24) is 4.72 Å². The van der Waals surface area contributed by atoms with E-state index in [2.05, 4.69) is 4.72 Å². The number of nitrogens with one attached hydrogen (secondary N) is 1. The number of aryl methyl sites for hydroxylation is 1. The molecule has 0 aliphatic carbocycles. The Kier molecular flexibility index (Phi) is 4.55. The molecule has 0 aromatic heterocycles. The molecule has 0 aliphatic heterocycles. The fourth-order valence-corrected chi connectivity index (χ4v) is 3.21. The SMILES string of the molecule is CC(=O)C(NS(=O)(=O)c1ccc(C)cc1)c1ccccc1. The Morgan fingerprint density at radius 1 is 1.00 bits per heavy atom. The van der Waals surface area contributed by atoms with E-state index < -0.39 is 16.1 Å². The zero-order valence-corrected chi connectivity index (χ0v) is 12.7. The van der Waals surface area contributed by atoms with Gasteiger partial charge in [0.1, 0.15) is 6.04 Å². The Balaban J connectivity index is 2.32. The van der Waals surface area contributed by atoms with Gasteiger partial charge in [0.15, 0.2) is 5.78 Å². The Morgan fingerprint density at radius 2 is 1.57 bits per heavy atom. The lowest BCUT2D eigenvalue weighted by Gasteiger charge is -2.16. The highest BCUT2D eigenvalue weighted by atomic mass is 32.2. The van der Waals surface area contributed by atoms with Crippen molar-refractivity contribution in [2.45, 2.75) is 24.8 Å². The predicted molar refractivity (Wildman–Crippen MR) is 81.4 cm³/mol. The van der Waals surface area contributed by atoms with Crippen molar-refractivity contribution >= 4 is 15.8 Å². The lowest BCUT2D eigenvalue weighted by atomic mass is 10.1. The molecule has 0 saturated carbocycles. The molecule has 0 saturated heterocycles. The average Bonchev–Trinajstić information content (AvgIpc) is 2.46. The molecule has 0 radical (unpaired) electrons. The van der Waals surface area contributed by atoms with Gasteiger partial charge in [-0.3, -0.25) is 4.79 Å². The number of benzene rings is 2. The van der Waals surface area contributed by atoms with Gasteiger partial charge in [-0.1, -0.05) is 48.0 Å². The van der Waals surface area contributed by atoms with Crippen LogP contribution in [-0.4, -0.2) is 14.2 Å². The number of rotatable bonds is 5. The molecule has 0 fully saturated rings. The Hall–Kier alpha value is -1.98. The van der Waals surface area contributed by atoms with Gasteiger partial charge >= 0.3 is 0 Å². The van der Waals surface area contributed by atoms with E-state index in [9.17, 15) is 13.2 Å². The van der Waals surface area contributed by atoms with Crippen molar-refractivity contribution in [2.24, 2.45) is 0 Å². The van der Waals surface area contributed by atoms with Crippen molar-refractivity contribution in [3.8, 4) is 0 Å². The summed E-state index contributed by atoms with van der Waals surface area (Å²) in [4.78, 5) is 11.9. The van der Waals surface area contributed by atoms with E-state index in [0.717, 1.165) is 5.56 Å². The molecule has 0 aliphatic rings. The Bertz CT molecular complexity index is 722. The third-order valence-electron chi connectivity index (χ3n) is 3.14. The highest BCUT2D eigenvalue weighted by Gasteiger charge is 2.24. The second kappa shape index (κ2) is 6.20. The first-order chi connectivity index (χ1) is 9.90. The van der Waals surface area contributed by atoms with Gasteiger partial charge < -0.3 is 0 Å². The monoisotopic (exact) mass is 303 g/mol. The van der Waals surface area contributed by atoms with Crippen LogP contribution in [0.5, 0.6) is 0 Å². The summed E-state index contributed by atoms with van der Waals surface area (Å²) in [6.07, 6.45) is 0. The minimum Gasteiger partial charge on any atom is -0.298 e. The maximum absolute atomic E-state index is 12.4. The first kappa shape index (κ1) is 15.4. The van der Waals surface area contributed by atoms with E-state index in [0.29, 0.717) is 5.56 Å². The zero-order valence-electron chi connectivity index (χ0n) is 11.9. The van der Waals surface area contributed by atoms with Gasteiger partial charge in [-0.25, -0.2) is 8.42 Å². The summed E-state index contributed by atoms with van der Waals surface area (Å²) >= 11 is 0. The number of carbonyl (C=O) groups is 1. The average molecular weight is 303 g/mol. The predicted octanol–water partition coefficient (Wildman–Crippen LogP) is 2.60. The van der Waals surface area contributed by atoms with Crippen LogP contribution >= 0.6 is 0 Å². The summed E-state index contributed by atoms with van der Waals surface area (Å²) in [7, 11) is -3.74. The van der Waals surface area contributed by atoms with Gasteiger partial charge in [0, 0.05) is 0 Å². The van der Waals surface area contributed by atoms with Crippen LogP contribution in [0.25, 0.3) is 0 Å². The first-order valence-electron chi connectivity index (χ1n) is 6.54. The van der Waals surface area contributed by atoms with Crippen molar-refractivity contribution < 1.29 is 13.2 Å². The molecule has 21 heavy (non-hydrogen) atoms. The van der Waals surface area contributed by atoms with E-state index in [1.165, 1.54) is 19.1 Å². The molecule has 4 nitrogen and oxygen atoms in total. The van der Waals surface area contributed by atoms with Gasteiger partial charge in [-0.05, 0) is 31.5 Å². The summed E-state index contributed by atoms with van der Waals surface area (Å²) in [5, 5.41) is 0. The van der Waals surface area contributed by atoms with Crippen LogP contribution < -0.4 is 4.72 Å². The summed E-state index contributed by atoms with van der Waals surface area (Å²) in [5.41, 5.74) is 1.60. The molecule has 1 atom stereocenters. The maximum Gasteiger partial charge on any atom is 0.241 e. The van der Waals surface area contributed by atoms with Gasteiger partial charge in [0.2, 0.25) is 10.0 Å². The highest BCUT2D eigenvalue weighted by molar-refractivity contribution is 7.89. The quantitative estimate of drug-likeness (QED) is 0.923. The second-order valence-electron chi connectivity index (χ2n) is 4.89. The molecule has 1 unspecified atom stereocenters. The minimum atomic E-state index is -3.74. The molecule has 110 valence electrons. The number of Topliss-reactive ketones (excluding diaryl/α,β-unsaturated/α-hetero) is 1. The van der Waals surface area contributed by atoms with Crippen LogP contribution in [0.2, 0.25) is 0 Å². The zero-order chi connectivity index (χ0) is 15.5. The largest absolute Gasteiger partial charge is 0.298 e. The molecule has 2 aromatic rings. The molecule has 1 N–H and O–H groups in total. The first-order valence-corrected chi connectivity index (χ1v) is 8.03. The van der Waals surface area contributed by atoms with E-state index >= 15 is 0 Å². The van der Waals surface area contributed by atoms with Crippen LogP contribution in [0.3, 0.4) is 0 Å². The number of carbonyl (C=O) groups excluding carboxylic acids is 1. The molecule has 5 heteroatoms. The van der Waals surface area contributed by atoms with E-state index in [4.69, 9.17) is 0 Å². The number of sulfonamides is 1. The van der Waals surface area contributed by atoms with Crippen LogP contribution in [0.1, 0.15) is 24.1 Å². The van der Waals surface area contributed by atoms with Crippen LogP contribution in [-0.2, 0) is 14.8 Å². The number of hydrogen-bond donors (Lipinski definition) is 1. The van der Waals surface area contributed by atoms with Crippen LogP contribution in [0, 0.1) is 6.92 Å². The van der Waals surface area contributed by atoms with Crippen molar-refractivity contribution in [3.63, 3.8) is 0 Å². The molecule has 0 spiro atoms. The normalized spacial score (nSPS) is 12.9. The van der Waals surface area contributed by atoms with Gasteiger partial charge in [-0.2, -0.15) is 4.72 Å². The van der Waals surface area contributed by atoms with E-state index in [-0.39, 0.29) is 10.7 Å². The molecule has 0 amide bonds. The summed E-state index contributed by atoms with van der Waals surface area (Å²) < 4.78 is 27.2. The van der Waals surface area contributed by atoms with E-state index in [1.54, 1.807) is 36.4 Å². The molecular weight excluding hydrogens is 286 g/mol. The van der Waals surface area contributed by atoms with E-state index in [1.807, 2.05) is 13.0 Å². The number of hydrogen-bond acceptors (Lipinski definition) is 3. The van der Waals surface area contributed by atoms with Gasteiger partial charge in [-0.15, -0.1) is 0 Å². The smallest absolute Gasteiger partial charge is 0.241 e.